The van der Waals surface area contributed by atoms with Gasteiger partial charge < -0.3 is 20.4 Å². The average molecular weight is 639 g/mol. The molecule has 0 aliphatic heterocycles. The lowest BCUT2D eigenvalue weighted by atomic mass is 9.70. The van der Waals surface area contributed by atoms with Crippen LogP contribution in [0.5, 0.6) is 0 Å². The van der Waals surface area contributed by atoms with Crippen molar-refractivity contribution < 1.29 is 39.3 Å². The number of amides is 1. The summed E-state index contributed by atoms with van der Waals surface area (Å²) < 4.78 is 0. The maximum Gasteiger partial charge on any atom is 0.307 e. The second-order valence-electron chi connectivity index (χ2n) is 14.3. The van der Waals surface area contributed by atoms with Crippen molar-refractivity contribution in [2.45, 2.75) is 121 Å². The van der Waals surface area contributed by atoms with Gasteiger partial charge in [0.05, 0.1) is 24.4 Å². The van der Waals surface area contributed by atoms with Crippen molar-refractivity contribution in [3.8, 4) is 0 Å². The van der Waals surface area contributed by atoms with Crippen LogP contribution in [0.4, 0.5) is 0 Å². The number of carbonyl (C=O) groups excluding carboxylic acids is 1. The van der Waals surface area contributed by atoms with Crippen LogP contribution in [0.1, 0.15) is 97.3 Å². The Bertz CT molecular complexity index is 1050. The topological polar surface area (TPSA) is 211 Å². The van der Waals surface area contributed by atoms with E-state index in [4.69, 9.17) is 4.84 Å². The Kier molecular flexibility index (Phi) is 12.1. The van der Waals surface area contributed by atoms with Crippen molar-refractivity contribution in [2.24, 2.45) is 47.3 Å². The maximum absolute atomic E-state index is 13.2. The molecule has 4 N–H and O–H groups in total. The summed E-state index contributed by atoms with van der Waals surface area (Å²) in [5.41, 5.74) is 3.11. The van der Waals surface area contributed by atoms with Gasteiger partial charge >= 0.3 is 11.9 Å². The van der Waals surface area contributed by atoms with E-state index in [1.54, 1.807) is 0 Å². The molecule has 4 aliphatic carbocycles. The Hall–Kier alpha value is -2.87. The Morgan fingerprint density at radius 1 is 0.756 bits per heavy atom. The van der Waals surface area contributed by atoms with E-state index in [2.05, 4.69) is 24.6 Å². The van der Waals surface area contributed by atoms with Crippen molar-refractivity contribution in [3.05, 3.63) is 20.2 Å². The lowest BCUT2D eigenvalue weighted by molar-refractivity contribution is -0.538. The molecule has 0 aromatic rings. The Morgan fingerprint density at radius 2 is 1.29 bits per heavy atom. The van der Waals surface area contributed by atoms with E-state index in [-0.39, 0.29) is 42.4 Å². The number of carboxylic acids is 2. The third-order valence-corrected chi connectivity index (χ3v) is 11.4. The predicted molar refractivity (Wildman–Crippen MR) is 161 cm³/mol. The van der Waals surface area contributed by atoms with Gasteiger partial charge in [-0.05, 0) is 94.3 Å². The lowest BCUT2D eigenvalue weighted by Gasteiger charge is -2.40. The van der Waals surface area contributed by atoms with E-state index in [1.807, 2.05) is 0 Å². The monoisotopic (exact) mass is 638 g/mol. The highest BCUT2D eigenvalue weighted by atomic mass is 16.6. The second-order valence-corrected chi connectivity index (χ2v) is 14.3. The van der Waals surface area contributed by atoms with Crippen LogP contribution in [0.2, 0.25) is 0 Å². The molecule has 0 radical (unpaired) electrons. The van der Waals surface area contributed by atoms with Crippen LogP contribution in [-0.2, 0) is 19.2 Å². The highest BCUT2D eigenvalue weighted by molar-refractivity contribution is 5.85. The molecule has 4 rings (SSSR count). The van der Waals surface area contributed by atoms with Crippen LogP contribution < -0.4 is 10.8 Å². The molecule has 4 saturated carbocycles. The molecular weight excluding hydrogens is 588 g/mol. The van der Waals surface area contributed by atoms with Crippen LogP contribution in [0, 0.1) is 67.6 Å². The first kappa shape index (κ1) is 35.0. The van der Waals surface area contributed by atoms with Crippen molar-refractivity contribution in [2.75, 3.05) is 6.61 Å². The number of rotatable bonds is 12. The molecular formula is C31H50N4O10. The number of hydrogen-bond donors (Lipinski definition) is 4. The normalized spacial score (nSPS) is 39.0. The zero-order valence-electron chi connectivity index (χ0n) is 26.4. The van der Waals surface area contributed by atoms with Crippen LogP contribution in [0.15, 0.2) is 0 Å². The number of nitro groups is 2. The van der Waals surface area contributed by atoms with Crippen LogP contribution in [0.25, 0.3) is 0 Å². The van der Waals surface area contributed by atoms with E-state index in [0.717, 1.165) is 44.9 Å². The molecule has 0 bridgehead atoms. The van der Waals surface area contributed by atoms with Crippen LogP contribution in [0.3, 0.4) is 0 Å². The fraction of sp³-hybridized carbons (Fsp3) is 0.903. The van der Waals surface area contributed by atoms with Gasteiger partial charge in [0.25, 0.3) is 0 Å². The minimum atomic E-state index is -1.17. The van der Waals surface area contributed by atoms with Gasteiger partial charge in [-0.25, -0.2) is 0 Å². The molecule has 0 saturated heterocycles. The standard InChI is InChI=1S/C31H50N4O10/c1-17-13-19(9-11-24(17)32-29(36)28-22(31(39)40)6-4-8-27(28)35(43)44)15-20-10-12-25(18(2)14-20)33-45-16-23-21(30(37)38)5-3-7-26(23)34(41)42/h17-28,33H,3-16H2,1-2H3,(H,32,36)(H,37,38)(H,39,40). The average Bonchev–Trinajstić information content (AvgIpc) is 2.98. The summed E-state index contributed by atoms with van der Waals surface area (Å²) in [6, 6.07) is -2.12. The number of nitrogens with one attached hydrogen (secondary N) is 2. The molecule has 0 aromatic heterocycles. The third-order valence-electron chi connectivity index (χ3n) is 11.4. The van der Waals surface area contributed by atoms with Gasteiger partial charge in [-0.3, -0.25) is 34.6 Å². The number of hydroxylamine groups is 1. The number of carbonyl (C=O) groups is 3. The first-order chi connectivity index (χ1) is 21.4. The van der Waals surface area contributed by atoms with Gasteiger partial charge in [0.2, 0.25) is 18.0 Å². The summed E-state index contributed by atoms with van der Waals surface area (Å²) >= 11 is 0. The molecule has 4 aliphatic rings. The van der Waals surface area contributed by atoms with Crippen molar-refractivity contribution >= 4 is 17.8 Å². The van der Waals surface area contributed by atoms with E-state index in [1.165, 1.54) is 0 Å². The van der Waals surface area contributed by atoms with E-state index in [9.17, 15) is 44.8 Å². The van der Waals surface area contributed by atoms with E-state index < -0.39 is 58.5 Å². The Labute approximate surface area is 263 Å². The second kappa shape index (κ2) is 15.6. The van der Waals surface area contributed by atoms with Crippen molar-refractivity contribution in [3.63, 3.8) is 0 Å². The molecule has 45 heavy (non-hydrogen) atoms. The highest BCUT2D eigenvalue weighted by Gasteiger charge is 2.49. The molecule has 12 unspecified atom stereocenters. The molecule has 14 nitrogen and oxygen atoms in total. The summed E-state index contributed by atoms with van der Waals surface area (Å²) in [6.07, 6.45) is 8.83. The number of aliphatic carboxylic acids is 2. The minimum Gasteiger partial charge on any atom is -0.481 e. The molecule has 0 aromatic carbocycles. The molecule has 254 valence electrons. The minimum absolute atomic E-state index is 0.00265. The summed E-state index contributed by atoms with van der Waals surface area (Å²) in [7, 11) is 0. The number of nitrogens with zero attached hydrogens (tertiary/aromatic N) is 2. The van der Waals surface area contributed by atoms with Crippen LogP contribution >= 0.6 is 0 Å². The van der Waals surface area contributed by atoms with E-state index >= 15 is 0 Å². The number of hydrogen-bond acceptors (Lipinski definition) is 9. The Morgan fingerprint density at radius 3 is 1.82 bits per heavy atom. The quantitative estimate of drug-likeness (QED) is 0.178. The SMILES string of the molecule is CC1CC(CC2CCC(NC(=O)C3C(C(=O)O)CCCC3[N+](=O)[O-])C(C)C2)CCC1NOCC1C(C(=O)O)CCCC1[N+](=O)[O-]. The number of carboxylic acid groups (broad SMARTS) is 2. The lowest BCUT2D eigenvalue weighted by Crippen LogP contribution is -2.53. The van der Waals surface area contributed by atoms with E-state index in [0.29, 0.717) is 43.4 Å². The first-order valence-corrected chi connectivity index (χ1v) is 16.8. The van der Waals surface area contributed by atoms with Gasteiger partial charge in [-0.15, -0.1) is 0 Å². The molecule has 0 heterocycles. The first-order valence-electron chi connectivity index (χ1n) is 16.8. The third kappa shape index (κ3) is 8.69. The predicted octanol–water partition coefficient (Wildman–Crippen LogP) is 3.92. The summed E-state index contributed by atoms with van der Waals surface area (Å²) in [5, 5.41) is 45.4. The summed E-state index contributed by atoms with van der Waals surface area (Å²) in [6.45, 7) is 4.25. The molecule has 0 spiro atoms. The highest BCUT2D eigenvalue weighted by Crippen LogP contribution is 2.40. The maximum atomic E-state index is 13.2. The molecule has 14 heteroatoms. The van der Waals surface area contributed by atoms with Gasteiger partial charge in [-0.2, -0.15) is 5.48 Å². The Balaban J connectivity index is 1.22. The largest absolute Gasteiger partial charge is 0.481 e. The molecule has 12 atom stereocenters. The summed E-state index contributed by atoms with van der Waals surface area (Å²) in [4.78, 5) is 64.8. The van der Waals surface area contributed by atoms with Crippen molar-refractivity contribution in [1.29, 1.82) is 0 Å². The zero-order chi connectivity index (χ0) is 32.8. The van der Waals surface area contributed by atoms with Gasteiger partial charge in [0.1, 0.15) is 5.92 Å². The fourth-order valence-corrected chi connectivity index (χ4v) is 8.92. The zero-order valence-corrected chi connectivity index (χ0v) is 26.4. The van der Waals surface area contributed by atoms with Gasteiger partial charge in [0, 0.05) is 34.8 Å². The van der Waals surface area contributed by atoms with Crippen molar-refractivity contribution in [1.82, 2.24) is 10.8 Å². The van der Waals surface area contributed by atoms with Crippen LogP contribution in [-0.4, -0.2) is 68.7 Å². The molecule has 4 fully saturated rings. The summed E-state index contributed by atoms with van der Waals surface area (Å²) in [5.74, 6) is -4.76. The smallest absolute Gasteiger partial charge is 0.307 e. The fourth-order valence-electron chi connectivity index (χ4n) is 8.92. The molecule has 1 amide bonds. The van der Waals surface area contributed by atoms with Gasteiger partial charge in [0.15, 0.2) is 0 Å². The van der Waals surface area contributed by atoms with Gasteiger partial charge in [-0.1, -0.05) is 13.8 Å².